The van der Waals surface area contributed by atoms with Crippen LogP contribution in [0.5, 0.6) is 5.75 Å². The number of nitrogens with one attached hydrogen (secondary N) is 1. The number of hydrogen-bond donors (Lipinski definition) is 1. The Morgan fingerprint density at radius 1 is 1.33 bits per heavy atom. The summed E-state index contributed by atoms with van der Waals surface area (Å²) in [6.45, 7) is 2.78. The highest BCUT2D eigenvalue weighted by Crippen LogP contribution is 2.28. The quantitative estimate of drug-likeness (QED) is 0.868. The van der Waals surface area contributed by atoms with Crippen LogP contribution in [0.4, 0.5) is 13.6 Å². The Morgan fingerprint density at radius 3 is 2.48 bits per heavy atom. The molecule has 0 radical (unpaired) electrons. The number of urea groups is 1. The second kappa shape index (κ2) is 7.81. The van der Waals surface area contributed by atoms with Crippen molar-refractivity contribution in [3.05, 3.63) is 29.8 Å². The summed E-state index contributed by atoms with van der Waals surface area (Å²) >= 11 is 0. The number of alkyl halides is 2. The van der Waals surface area contributed by atoms with Gasteiger partial charge in [-0.25, -0.2) is 4.79 Å². The number of para-hydroxylation sites is 1. The van der Waals surface area contributed by atoms with Gasteiger partial charge in [0.25, 0.3) is 0 Å². The molecular formula is C15H22F2N2O2. The largest absolute Gasteiger partial charge is 0.434 e. The second-order valence-electron chi connectivity index (χ2n) is 5.03. The first-order valence-corrected chi connectivity index (χ1v) is 6.93. The average molecular weight is 300 g/mol. The zero-order valence-electron chi connectivity index (χ0n) is 12.8. The highest BCUT2D eigenvalue weighted by molar-refractivity contribution is 5.74. The van der Waals surface area contributed by atoms with Gasteiger partial charge >= 0.3 is 12.6 Å². The molecule has 6 heteroatoms. The van der Waals surface area contributed by atoms with E-state index in [0.29, 0.717) is 12.0 Å². The molecule has 1 N–H and O–H groups in total. The fraction of sp³-hybridized carbons (Fsp3) is 0.533. The summed E-state index contributed by atoms with van der Waals surface area (Å²) in [6.07, 6.45) is 0.571. The van der Waals surface area contributed by atoms with Crippen LogP contribution in [0.15, 0.2) is 24.3 Å². The van der Waals surface area contributed by atoms with Crippen LogP contribution in [0.25, 0.3) is 0 Å². The molecule has 4 nitrogen and oxygen atoms in total. The van der Waals surface area contributed by atoms with Crippen LogP contribution in [0.1, 0.15) is 38.8 Å². The van der Waals surface area contributed by atoms with Gasteiger partial charge in [-0.15, -0.1) is 0 Å². The summed E-state index contributed by atoms with van der Waals surface area (Å²) < 4.78 is 29.4. The molecule has 1 aromatic rings. The molecule has 0 saturated carbocycles. The minimum absolute atomic E-state index is 0.0510. The van der Waals surface area contributed by atoms with Gasteiger partial charge in [0.15, 0.2) is 0 Å². The molecule has 2 amide bonds. The molecule has 0 bridgehead atoms. The van der Waals surface area contributed by atoms with E-state index in [9.17, 15) is 13.6 Å². The van der Waals surface area contributed by atoms with Gasteiger partial charge in [-0.05, 0) is 26.3 Å². The normalized spacial score (nSPS) is 12.4. The number of halogens is 2. The van der Waals surface area contributed by atoms with E-state index in [1.807, 2.05) is 20.8 Å². The van der Waals surface area contributed by atoms with Crippen LogP contribution in [0.3, 0.4) is 0 Å². The third kappa shape index (κ3) is 4.88. The predicted octanol–water partition coefficient (Wildman–Crippen LogP) is 3.79. The number of nitrogens with zero attached hydrogens (tertiary/aromatic N) is 1. The fourth-order valence-corrected chi connectivity index (χ4v) is 1.86. The Labute approximate surface area is 124 Å². The van der Waals surface area contributed by atoms with Gasteiger partial charge in [0.2, 0.25) is 0 Å². The first-order valence-electron chi connectivity index (χ1n) is 6.93. The van der Waals surface area contributed by atoms with Crippen molar-refractivity contribution in [1.29, 1.82) is 0 Å². The van der Waals surface area contributed by atoms with Crippen LogP contribution >= 0.6 is 0 Å². The molecule has 0 unspecified atom stereocenters. The lowest BCUT2D eigenvalue weighted by molar-refractivity contribution is -0.0506. The van der Waals surface area contributed by atoms with Crippen molar-refractivity contribution in [2.75, 3.05) is 7.05 Å². The third-order valence-corrected chi connectivity index (χ3v) is 3.31. The standard InChI is InChI=1S/C15H22F2N2O2/c1-5-12(18-15(20)19(4)10(2)3)11-8-6-7-9-13(11)21-14(16)17/h6-10,12,14H,5H2,1-4H3,(H,18,20)/t12-/m0/s1. The molecule has 21 heavy (non-hydrogen) atoms. The zero-order chi connectivity index (χ0) is 16.0. The molecule has 0 fully saturated rings. The first-order chi connectivity index (χ1) is 9.86. The van der Waals surface area contributed by atoms with E-state index in [2.05, 4.69) is 10.1 Å². The van der Waals surface area contributed by atoms with E-state index in [1.165, 1.54) is 6.07 Å². The van der Waals surface area contributed by atoms with E-state index in [4.69, 9.17) is 0 Å². The van der Waals surface area contributed by atoms with Crippen molar-refractivity contribution < 1.29 is 18.3 Å². The molecule has 0 aliphatic heterocycles. The van der Waals surface area contributed by atoms with Gasteiger partial charge in [0.05, 0.1) is 6.04 Å². The van der Waals surface area contributed by atoms with Crippen LogP contribution in [-0.4, -0.2) is 30.6 Å². The van der Waals surface area contributed by atoms with Crippen molar-refractivity contribution in [1.82, 2.24) is 10.2 Å². The van der Waals surface area contributed by atoms with E-state index in [0.717, 1.165) is 0 Å². The second-order valence-corrected chi connectivity index (χ2v) is 5.03. The van der Waals surface area contributed by atoms with Gasteiger partial charge in [0.1, 0.15) is 5.75 Å². The van der Waals surface area contributed by atoms with E-state index in [1.54, 1.807) is 30.1 Å². The maximum absolute atomic E-state index is 12.4. The number of ether oxygens (including phenoxy) is 1. The van der Waals surface area contributed by atoms with Crippen LogP contribution in [0, 0.1) is 0 Å². The molecule has 0 heterocycles. The molecule has 0 aromatic heterocycles. The maximum Gasteiger partial charge on any atom is 0.387 e. The Morgan fingerprint density at radius 2 is 1.95 bits per heavy atom. The Bertz CT molecular complexity index is 467. The Kier molecular flexibility index (Phi) is 6.39. The van der Waals surface area contributed by atoms with Crippen molar-refractivity contribution in [3.8, 4) is 5.75 Å². The molecule has 0 spiro atoms. The maximum atomic E-state index is 12.4. The molecule has 1 atom stereocenters. The Balaban J connectivity index is 2.92. The molecule has 1 aromatic carbocycles. The summed E-state index contributed by atoms with van der Waals surface area (Å²) in [5.74, 6) is 0.0897. The first kappa shape index (κ1) is 17.2. The summed E-state index contributed by atoms with van der Waals surface area (Å²) in [5.41, 5.74) is 0.547. The lowest BCUT2D eigenvalue weighted by Crippen LogP contribution is -2.42. The van der Waals surface area contributed by atoms with Gasteiger partial charge in [-0.3, -0.25) is 0 Å². The van der Waals surface area contributed by atoms with Crippen LogP contribution in [0.2, 0.25) is 0 Å². The molecule has 1 rings (SSSR count). The predicted molar refractivity (Wildman–Crippen MR) is 77.5 cm³/mol. The third-order valence-electron chi connectivity index (χ3n) is 3.31. The highest BCUT2D eigenvalue weighted by Gasteiger charge is 2.21. The lowest BCUT2D eigenvalue weighted by atomic mass is 10.0. The van der Waals surface area contributed by atoms with E-state index < -0.39 is 6.61 Å². The highest BCUT2D eigenvalue weighted by atomic mass is 19.3. The fourth-order valence-electron chi connectivity index (χ4n) is 1.86. The minimum atomic E-state index is -2.89. The minimum Gasteiger partial charge on any atom is -0.434 e. The molecule has 118 valence electrons. The van der Waals surface area contributed by atoms with E-state index in [-0.39, 0.29) is 23.9 Å². The molecule has 0 saturated heterocycles. The molecule has 0 aliphatic carbocycles. The summed E-state index contributed by atoms with van der Waals surface area (Å²) in [7, 11) is 1.69. The number of amides is 2. The topological polar surface area (TPSA) is 41.6 Å². The number of carbonyl (C=O) groups is 1. The number of rotatable bonds is 6. The summed E-state index contributed by atoms with van der Waals surface area (Å²) in [6, 6.07) is 5.93. The molecular weight excluding hydrogens is 278 g/mol. The zero-order valence-corrected chi connectivity index (χ0v) is 12.8. The summed E-state index contributed by atoms with van der Waals surface area (Å²) in [4.78, 5) is 13.6. The van der Waals surface area contributed by atoms with Crippen LogP contribution in [-0.2, 0) is 0 Å². The lowest BCUT2D eigenvalue weighted by Gasteiger charge is -2.26. The van der Waals surface area contributed by atoms with Crippen molar-refractivity contribution >= 4 is 6.03 Å². The van der Waals surface area contributed by atoms with Crippen LogP contribution < -0.4 is 10.1 Å². The monoisotopic (exact) mass is 300 g/mol. The van der Waals surface area contributed by atoms with Gasteiger partial charge in [-0.2, -0.15) is 8.78 Å². The summed E-state index contributed by atoms with van der Waals surface area (Å²) in [5, 5.41) is 2.84. The van der Waals surface area contributed by atoms with Gasteiger partial charge in [-0.1, -0.05) is 25.1 Å². The average Bonchev–Trinajstić information content (AvgIpc) is 2.43. The van der Waals surface area contributed by atoms with Gasteiger partial charge in [0, 0.05) is 18.7 Å². The smallest absolute Gasteiger partial charge is 0.387 e. The Hall–Kier alpha value is -1.85. The molecule has 0 aliphatic rings. The van der Waals surface area contributed by atoms with Crippen molar-refractivity contribution in [2.45, 2.75) is 45.9 Å². The number of benzene rings is 1. The number of hydrogen-bond acceptors (Lipinski definition) is 2. The van der Waals surface area contributed by atoms with E-state index >= 15 is 0 Å². The number of carbonyl (C=O) groups excluding carboxylic acids is 1. The van der Waals surface area contributed by atoms with Crippen molar-refractivity contribution in [3.63, 3.8) is 0 Å². The van der Waals surface area contributed by atoms with Crippen molar-refractivity contribution in [2.24, 2.45) is 0 Å². The SMILES string of the molecule is CC[C@H](NC(=O)N(C)C(C)C)c1ccccc1OC(F)F. The van der Waals surface area contributed by atoms with Gasteiger partial charge < -0.3 is 15.0 Å².